The summed E-state index contributed by atoms with van der Waals surface area (Å²) in [5.41, 5.74) is -0.703. The maximum atomic E-state index is 12.9. The quantitative estimate of drug-likeness (QED) is 0.753. The Morgan fingerprint density at radius 3 is 2.52 bits per heavy atom. The largest absolute Gasteiger partial charge is 0.337 e. The molecule has 1 spiro atoms. The number of likely N-dealkylation sites (tertiary alicyclic amines) is 1. The molecule has 1 saturated carbocycles. The SMILES string of the molecule is CNCC1CCCN1C(=O)CN1C(=O)N(C)C2(CCCCC2)C1=O.Cl. The second-order valence-corrected chi connectivity index (χ2v) is 7.27. The van der Waals surface area contributed by atoms with Crippen molar-refractivity contribution in [3.63, 3.8) is 0 Å². The number of carbonyl (C=O) groups excluding carboxylic acids is 3. The van der Waals surface area contributed by atoms with Crippen LogP contribution in [0.25, 0.3) is 0 Å². The Labute approximate surface area is 155 Å². The van der Waals surface area contributed by atoms with E-state index in [1.165, 1.54) is 4.90 Å². The van der Waals surface area contributed by atoms with Crippen LogP contribution in [0.3, 0.4) is 0 Å². The highest BCUT2D eigenvalue weighted by atomic mass is 35.5. The van der Waals surface area contributed by atoms with Gasteiger partial charge in [-0.1, -0.05) is 19.3 Å². The van der Waals surface area contributed by atoms with Gasteiger partial charge in [-0.25, -0.2) is 4.79 Å². The predicted octanol–water partition coefficient (Wildman–Crippen LogP) is 1.22. The summed E-state index contributed by atoms with van der Waals surface area (Å²) in [5, 5.41) is 3.11. The molecule has 1 aliphatic carbocycles. The van der Waals surface area contributed by atoms with Crippen LogP contribution in [0, 0.1) is 0 Å². The van der Waals surface area contributed by atoms with Crippen molar-refractivity contribution in [2.24, 2.45) is 0 Å². The molecule has 0 aromatic heterocycles. The molecule has 7 nitrogen and oxygen atoms in total. The minimum absolute atomic E-state index is 0. The van der Waals surface area contributed by atoms with Crippen molar-refractivity contribution in [1.82, 2.24) is 20.0 Å². The minimum atomic E-state index is -0.703. The number of nitrogens with zero attached hydrogens (tertiary/aromatic N) is 3. The fraction of sp³-hybridized carbons (Fsp3) is 0.824. The monoisotopic (exact) mass is 372 g/mol. The molecule has 3 fully saturated rings. The van der Waals surface area contributed by atoms with E-state index in [1.54, 1.807) is 11.9 Å². The molecule has 0 radical (unpaired) electrons. The zero-order valence-electron chi connectivity index (χ0n) is 15.1. The van der Waals surface area contributed by atoms with Crippen LogP contribution in [0.15, 0.2) is 0 Å². The summed E-state index contributed by atoms with van der Waals surface area (Å²) < 4.78 is 0. The van der Waals surface area contributed by atoms with Gasteiger partial charge in [-0.2, -0.15) is 0 Å². The number of halogens is 1. The average molecular weight is 373 g/mol. The van der Waals surface area contributed by atoms with Gasteiger partial charge in [0.2, 0.25) is 5.91 Å². The lowest BCUT2D eigenvalue weighted by molar-refractivity contribution is -0.140. The topological polar surface area (TPSA) is 73.0 Å². The number of rotatable bonds is 4. The molecule has 0 aromatic rings. The Balaban J connectivity index is 0.00000225. The van der Waals surface area contributed by atoms with Gasteiger partial charge in [0, 0.05) is 26.2 Å². The van der Waals surface area contributed by atoms with Gasteiger partial charge in [0.25, 0.3) is 5.91 Å². The van der Waals surface area contributed by atoms with E-state index in [9.17, 15) is 14.4 Å². The molecule has 3 aliphatic rings. The number of likely N-dealkylation sites (N-methyl/N-ethyl adjacent to an activating group) is 2. The number of hydrogen-bond donors (Lipinski definition) is 1. The highest BCUT2D eigenvalue weighted by molar-refractivity contribution is 6.09. The molecule has 2 saturated heterocycles. The van der Waals surface area contributed by atoms with E-state index in [0.717, 1.165) is 38.6 Å². The molecular weight excluding hydrogens is 344 g/mol. The molecule has 25 heavy (non-hydrogen) atoms. The van der Waals surface area contributed by atoms with E-state index in [4.69, 9.17) is 0 Å². The summed E-state index contributed by atoms with van der Waals surface area (Å²) in [6, 6.07) is -0.156. The average Bonchev–Trinajstić information content (AvgIpc) is 3.11. The first-order valence-electron chi connectivity index (χ1n) is 9.05. The van der Waals surface area contributed by atoms with Gasteiger partial charge in [0.1, 0.15) is 12.1 Å². The minimum Gasteiger partial charge on any atom is -0.337 e. The summed E-state index contributed by atoms with van der Waals surface area (Å²) in [7, 11) is 3.58. The maximum Gasteiger partial charge on any atom is 0.327 e. The van der Waals surface area contributed by atoms with E-state index in [0.29, 0.717) is 19.4 Å². The molecule has 3 rings (SSSR count). The van der Waals surface area contributed by atoms with E-state index >= 15 is 0 Å². The Bertz CT molecular complexity index is 536. The Morgan fingerprint density at radius 1 is 1.20 bits per heavy atom. The van der Waals surface area contributed by atoms with Crippen molar-refractivity contribution < 1.29 is 14.4 Å². The van der Waals surface area contributed by atoms with Crippen LogP contribution >= 0.6 is 12.4 Å². The number of urea groups is 1. The smallest absolute Gasteiger partial charge is 0.327 e. The van der Waals surface area contributed by atoms with Crippen LogP contribution in [0.5, 0.6) is 0 Å². The van der Waals surface area contributed by atoms with Crippen LogP contribution in [0.2, 0.25) is 0 Å². The number of imide groups is 1. The third kappa shape index (κ3) is 3.36. The number of carbonyl (C=O) groups is 3. The van der Waals surface area contributed by atoms with Gasteiger partial charge in [-0.05, 0) is 32.7 Å². The van der Waals surface area contributed by atoms with Crippen molar-refractivity contribution in [3.05, 3.63) is 0 Å². The molecule has 1 atom stereocenters. The zero-order chi connectivity index (χ0) is 17.3. The fourth-order valence-electron chi connectivity index (χ4n) is 4.51. The lowest BCUT2D eigenvalue weighted by Gasteiger charge is -2.35. The molecule has 4 amide bonds. The molecule has 1 unspecified atom stereocenters. The van der Waals surface area contributed by atoms with Gasteiger partial charge in [-0.3, -0.25) is 14.5 Å². The number of amides is 4. The normalized spacial score (nSPS) is 25.7. The highest BCUT2D eigenvalue weighted by Gasteiger charge is 2.56. The molecular formula is C17H29ClN4O3. The molecule has 2 aliphatic heterocycles. The lowest BCUT2D eigenvalue weighted by Crippen LogP contribution is -2.50. The first-order chi connectivity index (χ1) is 11.5. The molecule has 8 heteroatoms. The Morgan fingerprint density at radius 2 is 1.88 bits per heavy atom. The standard InChI is InChI=1S/C17H28N4O3.ClH/c1-18-11-13-7-6-10-20(13)14(22)12-21-15(23)17(19(2)16(21)24)8-4-3-5-9-17;/h13,18H,3-12H2,1-2H3;1H. The van der Waals surface area contributed by atoms with Crippen LogP contribution in [-0.2, 0) is 9.59 Å². The van der Waals surface area contributed by atoms with Crippen molar-refractivity contribution in [2.75, 3.05) is 33.7 Å². The fourth-order valence-corrected chi connectivity index (χ4v) is 4.51. The Hall–Kier alpha value is -1.34. The van der Waals surface area contributed by atoms with Crippen molar-refractivity contribution in [1.29, 1.82) is 0 Å². The molecule has 2 heterocycles. The summed E-state index contributed by atoms with van der Waals surface area (Å²) in [4.78, 5) is 42.8. The van der Waals surface area contributed by atoms with E-state index in [2.05, 4.69) is 5.32 Å². The second kappa shape index (κ2) is 7.91. The van der Waals surface area contributed by atoms with Gasteiger partial charge in [0.05, 0.1) is 0 Å². The zero-order valence-corrected chi connectivity index (χ0v) is 15.9. The first kappa shape index (κ1) is 20.0. The van der Waals surface area contributed by atoms with Gasteiger partial charge in [-0.15, -0.1) is 12.4 Å². The Kier molecular flexibility index (Phi) is 6.32. The van der Waals surface area contributed by atoms with Gasteiger partial charge < -0.3 is 15.1 Å². The highest BCUT2D eigenvalue weighted by Crippen LogP contribution is 2.39. The third-order valence-corrected chi connectivity index (χ3v) is 5.91. The summed E-state index contributed by atoms with van der Waals surface area (Å²) in [6.45, 7) is 1.34. The predicted molar refractivity (Wildman–Crippen MR) is 96.6 cm³/mol. The number of nitrogens with one attached hydrogen (secondary N) is 1. The van der Waals surface area contributed by atoms with Crippen LogP contribution < -0.4 is 5.32 Å². The van der Waals surface area contributed by atoms with Crippen LogP contribution in [0.4, 0.5) is 4.79 Å². The van der Waals surface area contributed by atoms with Gasteiger partial charge >= 0.3 is 6.03 Å². The first-order valence-corrected chi connectivity index (χ1v) is 9.05. The maximum absolute atomic E-state index is 12.9. The van der Waals surface area contributed by atoms with Crippen molar-refractivity contribution >= 4 is 30.3 Å². The van der Waals surface area contributed by atoms with E-state index in [-0.39, 0.29) is 42.8 Å². The van der Waals surface area contributed by atoms with E-state index < -0.39 is 5.54 Å². The third-order valence-electron chi connectivity index (χ3n) is 5.91. The summed E-state index contributed by atoms with van der Waals surface area (Å²) in [5.74, 6) is -0.289. The van der Waals surface area contributed by atoms with Crippen LogP contribution in [-0.4, -0.2) is 77.9 Å². The van der Waals surface area contributed by atoms with Gasteiger partial charge in [0.15, 0.2) is 0 Å². The summed E-state index contributed by atoms with van der Waals surface area (Å²) in [6.07, 6.45) is 6.40. The molecule has 1 N–H and O–H groups in total. The number of hydrogen-bond acceptors (Lipinski definition) is 4. The molecule has 0 aromatic carbocycles. The van der Waals surface area contributed by atoms with Crippen molar-refractivity contribution in [3.8, 4) is 0 Å². The van der Waals surface area contributed by atoms with Crippen molar-refractivity contribution in [2.45, 2.75) is 56.5 Å². The lowest BCUT2D eigenvalue weighted by atomic mass is 9.81. The molecule has 0 bridgehead atoms. The van der Waals surface area contributed by atoms with E-state index in [1.807, 2.05) is 11.9 Å². The van der Waals surface area contributed by atoms with Crippen LogP contribution in [0.1, 0.15) is 44.9 Å². The summed E-state index contributed by atoms with van der Waals surface area (Å²) >= 11 is 0. The second-order valence-electron chi connectivity index (χ2n) is 7.27. The molecule has 142 valence electrons.